The summed E-state index contributed by atoms with van der Waals surface area (Å²) in [6.45, 7) is 2.22. The highest BCUT2D eigenvalue weighted by atomic mass is 16.6. The molecule has 2 atom stereocenters. The number of carbonyl (C=O) groups is 1. The molecule has 0 saturated carbocycles. The lowest BCUT2D eigenvalue weighted by atomic mass is 10.0. The van der Waals surface area contributed by atoms with Gasteiger partial charge in [-0.2, -0.15) is 0 Å². The predicted octanol–water partition coefficient (Wildman–Crippen LogP) is 1.59. The van der Waals surface area contributed by atoms with Crippen LogP contribution in [0, 0.1) is 0 Å². The maximum absolute atomic E-state index is 11.3. The first-order valence-electron chi connectivity index (χ1n) is 5.01. The largest absolute Gasteiger partial charge is 0.464 e. The van der Waals surface area contributed by atoms with E-state index in [1.54, 1.807) is 6.92 Å². The van der Waals surface area contributed by atoms with Gasteiger partial charge in [0.1, 0.15) is 6.10 Å². The Kier molecular flexibility index (Phi) is 2.68. The summed E-state index contributed by atoms with van der Waals surface area (Å²) in [5, 5.41) is 0. The Labute approximate surface area is 83.4 Å². The van der Waals surface area contributed by atoms with Crippen molar-refractivity contribution in [1.29, 1.82) is 0 Å². The van der Waals surface area contributed by atoms with Crippen molar-refractivity contribution in [3.05, 3.63) is 23.8 Å². The van der Waals surface area contributed by atoms with E-state index >= 15 is 0 Å². The summed E-state index contributed by atoms with van der Waals surface area (Å²) in [6.07, 6.45) is 7.99. The Morgan fingerprint density at radius 1 is 1.64 bits per heavy atom. The van der Waals surface area contributed by atoms with Crippen LogP contribution in [0.25, 0.3) is 0 Å². The van der Waals surface area contributed by atoms with Crippen molar-refractivity contribution in [2.75, 3.05) is 6.61 Å². The van der Waals surface area contributed by atoms with Crippen molar-refractivity contribution < 1.29 is 14.3 Å². The molecule has 0 aromatic heterocycles. The fraction of sp³-hybridized carbons (Fsp3) is 0.545. The van der Waals surface area contributed by atoms with Crippen LogP contribution in [0.5, 0.6) is 0 Å². The van der Waals surface area contributed by atoms with Crippen LogP contribution < -0.4 is 0 Å². The first-order chi connectivity index (χ1) is 6.83. The Bertz CT molecular complexity index is 291. The van der Waals surface area contributed by atoms with Gasteiger partial charge in [0, 0.05) is 0 Å². The minimum absolute atomic E-state index is 0.0504. The number of hydrogen-bond acceptors (Lipinski definition) is 3. The van der Waals surface area contributed by atoms with Crippen LogP contribution in [-0.4, -0.2) is 24.8 Å². The lowest BCUT2D eigenvalue weighted by Gasteiger charge is -2.02. The molecule has 3 nitrogen and oxygen atoms in total. The zero-order valence-electron chi connectivity index (χ0n) is 8.23. The molecule has 0 bridgehead atoms. The number of ether oxygens (including phenoxy) is 2. The van der Waals surface area contributed by atoms with Crippen molar-refractivity contribution in [3.63, 3.8) is 0 Å². The molecule has 0 spiro atoms. The van der Waals surface area contributed by atoms with Crippen LogP contribution in [0.2, 0.25) is 0 Å². The van der Waals surface area contributed by atoms with Gasteiger partial charge < -0.3 is 9.47 Å². The van der Waals surface area contributed by atoms with Crippen molar-refractivity contribution in [2.45, 2.75) is 32.0 Å². The first kappa shape index (κ1) is 9.46. The molecule has 1 heterocycles. The molecule has 1 saturated heterocycles. The summed E-state index contributed by atoms with van der Waals surface area (Å²) in [4.78, 5) is 11.3. The third-order valence-corrected chi connectivity index (χ3v) is 2.36. The molecular weight excluding hydrogens is 180 g/mol. The van der Waals surface area contributed by atoms with Crippen molar-refractivity contribution in [3.8, 4) is 0 Å². The number of epoxide rings is 1. The second-order valence-electron chi connectivity index (χ2n) is 3.41. The van der Waals surface area contributed by atoms with Crippen molar-refractivity contribution in [1.82, 2.24) is 0 Å². The Morgan fingerprint density at radius 2 is 2.50 bits per heavy atom. The molecule has 1 aliphatic carbocycles. The lowest BCUT2D eigenvalue weighted by molar-refractivity contribution is -0.144. The van der Waals surface area contributed by atoms with Crippen molar-refractivity contribution >= 4 is 5.97 Å². The van der Waals surface area contributed by atoms with Gasteiger partial charge in [-0.05, 0) is 25.3 Å². The highest BCUT2D eigenvalue weighted by Crippen LogP contribution is 2.32. The van der Waals surface area contributed by atoms with E-state index in [-0.39, 0.29) is 18.2 Å². The number of esters is 1. The van der Waals surface area contributed by atoms with E-state index < -0.39 is 0 Å². The van der Waals surface area contributed by atoms with Gasteiger partial charge in [0.15, 0.2) is 6.10 Å². The van der Waals surface area contributed by atoms with Gasteiger partial charge in [-0.25, -0.2) is 4.79 Å². The average Bonchev–Trinajstić information content (AvgIpc) is 2.99. The summed E-state index contributed by atoms with van der Waals surface area (Å²) in [7, 11) is 0. The third kappa shape index (κ3) is 1.87. The molecule has 1 fully saturated rings. The molecule has 3 heteroatoms. The van der Waals surface area contributed by atoms with Gasteiger partial charge in [-0.3, -0.25) is 0 Å². The SMILES string of the molecule is CCOC(=O)C1OC1C1=CCCC=C1. The topological polar surface area (TPSA) is 38.8 Å². The number of hydrogen-bond donors (Lipinski definition) is 0. The van der Waals surface area contributed by atoms with Gasteiger partial charge in [0.25, 0.3) is 0 Å². The summed E-state index contributed by atoms with van der Waals surface area (Å²) in [6, 6.07) is 0. The molecule has 2 aliphatic rings. The maximum Gasteiger partial charge on any atom is 0.338 e. The summed E-state index contributed by atoms with van der Waals surface area (Å²) >= 11 is 0. The van der Waals surface area contributed by atoms with Gasteiger partial charge in [-0.15, -0.1) is 0 Å². The van der Waals surface area contributed by atoms with Gasteiger partial charge in [0.2, 0.25) is 0 Å². The molecule has 1 aliphatic heterocycles. The summed E-state index contributed by atoms with van der Waals surface area (Å²) in [5.74, 6) is -0.239. The van der Waals surface area contributed by atoms with Gasteiger partial charge in [-0.1, -0.05) is 18.2 Å². The minimum atomic E-state index is -0.357. The Morgan fingerprint density at radius 3 is 3.14 bits per heavy atom. The lowest BCUT2D eigenvalue weighted by Crippen LogP contribution is -2.14. The quantitative estimate of drug-likeness (QED) is 0.506. The highest BCUT2D eigenvalue weighted by molar-refractivity contribution is 5.79. The summed E-state index contributed by atoms with van der Waals surface area (Å²) < 4.78 is 10.1. The van der Waals surface area contributed by atoms with E-state index in [0.717, 1.165) is 18.4 Å². The molecule has 0 radical (unpaired) electrons. The molecule has 2 unspecified atom stereocenters. The van der Waals surface area contributed by atoms with Gasteiger partial charge >= 0.3 is 5.97 Å². The zero-order chi connectivity index (χ0) is 9.97. The highest BCUT2D eigenvalue weighted by Gasteiger charge is 2.47. The van der Waals surface area contributed by atoms with Crippen LogP contribution >= 0.6 is 0 Å². The standard InChI is InChI=1S/C11H14O3/c1-2-13-11(12)10-9(14-10)8-6-4-3-5-7-8/h4,6-7,9-10H,2-3,5H2,1H3. The first-order valence-corrected chi connectivity index (χ1v) is 5.01. The molecule has 0 N–H and O–H groups in total. The van der Waals surface area contributed by atoms with Crippen LogP contribution in [0.1, 0.15) is 19.8 Å². The number of carbonyl (C=O) groups excluding carboxylic acids is 1. The normalized spacial score (nSPS) is 29.6. The molecule has 14 heavy (non-hydrogen) atoms. The monoisotopic (exact) mass is 194 g/mol. The fourth-order valence-electron chi connectivity index (χ4n) is 1.61. The second-order valence-corrected chi connectivity index (χ2v) is 3.41. The average molecular weight is 194 g/mol. The second kappa shape index (κ2) is 3.96. The number of allylic oxidation sites excluding steroid dienone is 2. The molecule has 2 rings (SSSR count). The Balaban J connectivity index is 1.89. The minimum Gasteiger partial charge on any atom is -0.464 e. The van der Waals surface area contributed by atoms with E-state index in [4.69, 9.17) is 9.47 Å². The van der Waals surface area contributed by atoms with Crippen LogP contribution in [-0.2, 0) is 14.3 Å². The van der Waals surface area contributed by atoms with E-state index in [1.165, 1.54) is 0 Å². The maximum atomic E-state index is 11.3. The Hall–Kier alpha value is -1.09. The molecule has 0 aromatic rings. The molecule has 76 valence electrons. The van der Waals surface area contributed by atoms with E-state index in [2.05, 4.69) is 12.2 Å². The summed E-state index contributed by atoms with van der Waals surface area (Å²) in [5.41, 5.74) is 1.12. The van der Waals surface area contributed by atoms with E-state index in [0.29, 0.717) is 6.61 Å². The smallest absolute Gasteiger partial charge is 0.338 e. The van der Waals surface area contributed by atoms with E-state index in [9.17, 15) is 4.79 Å². The van der Waals surface area contributed by atoms with Crippen LogP contribution in [0.15, 0.2) is 23.8 Å². The fourth-order valence-corrected chi connectivity index (χ4v) is 1.61. The predicted molar refractivity (Wildman–Crippen MR) is 51.8 cm³/mol. The van der Waals surface area contributed by atoms with Crippen LogP contribution in [0.4, 0.5) is 0 Å². The zero-order valence-corrected chi connectivity index (χ0v) is 8.23. The van der Waals surface area contributed by atoms with E-state index in [1.807, 2.05) is 6.08 Å². The van der Waals surface area contributed by atoms with Crippen LogP contribution in [0.3, 0.4) is 0 Å². The molecule has 0 amide bonds. The molecule has 0 aromatic carbocycles. The van der Waals surface area contributed by atoms with Gasteiger partial charge in [0.05, 0.1) is 6.61 Å². The van der Waals surface area contributed by atoms with Crippen molar-refractivity contribution in [2.24, 2.45) is 0 Å². The third-order valence-electron chi connectivity index (χ3n) is 2.36. The number of rotatable bonds is 3. The molecular formula is C11H14O3.